The number of carbonyl (C=O) groups is 1. The van der Waals surface area contributed by atoms with E-state index >= 15 is 0 Å². The van der Waals surface area contributed by atoms with Crippen molar-refractivity contribution in [3.05, 3.63) is 0 Å². The van der Waals surface area contributed by atoms with Gasteiger partial charge in [0, 0.05) is 6.04 Å². The molecule has 2 atom stereocenters. The quantitative estimate of drug-likeness (QED) is 0.687. The number of aliphatic hydroxyl groups excluding tert-OH is 1. The van der Waals surface area contributed by atoms with Crippen LogP contribution in [0.3, 0.4) is 0 Å². The molecule has 0 aromatic rings. The number of urea groups is 1. The summed E-state index contributed by atoms with van der Waals surface area (Å²) in [6.07, 6.45) is 5.35. The Morgan fingerprint density at radius 2 is 1.94 bits per heavy atom. The normalized spacial score (nSPS) is 25.5. The second-order valence-electron chi connectivity index (χ2n) is 4.59. The van der Waals surface area contributed by atoms with E-state index in [-0.39, 0.29) is 24.2 Å². The molecule has 0 saturated heterocycles. The summed E-state index contributed by atoms with van der Waals surface area (Å²) in [7, 11) is 0. The molecule has 1 fully saturated rings. The van der Waals surface area contributed by atoms with Crippen LogP contribution in [-0.4, -0.2) is 29.3 Å². The monoisotopic (exact) mass is 228 g/mol. The van der Waals surface area contributed by atoms with Crippen LogP contribution in [-0.2, 0) is 0 Å². The van der Waals surface area contributed by atoms with E-state index in [1.165, 1.54) is 0 Å². The first-order valence-electron chi connectivity index (χ1n) is 6.42. The van der Waals surface area contributed by atoms with Crippen LogP contribution in [0.15, 0.2) is 0 Å². The number of nitrogens with one attached hydrogen (secondary N) is 2. The fourth-order valence-electron chi connectivity index (χ4n) is 2.17. The molecular formula is C12H24N2O2. The predicted octanol–water partition coefficient (Wildman–Crippen LogP) is 1.78. The van der Waals surface area contributed by atoms with Gasteiger partial charge in [-0.2, -0.15) is 0 Å². The van der Waals surface area contributed by atoms with E-state index in [1.54, 1.807) is 0 Å². The predicted molar refractivity (Wildman–Crippen MR) is 64.3 cm³/mol. The van der Waals surface area contributed by atoms with Crippen molar-refractivity contribution in [2.24, 2.45) is 0 Å². The Bertz CT molecular complexity index is 217. The van der Waals surface area contributed by atoms with Crippen LogP contribution in [0.5, 0.6) is 0 Å². The summed E-state index contributed by atoms with van der Waals surface area (Å²) in [6, 6.07) is 0.0310. The smallest absolute Gasteiger partial charge is 0.315 e. The van der Waals surface area contributed by atoms with Gasteiger partial charge in [0.15, 0.2) is 0 Å². The molecule has 2 unspecified atom stereocenters. The van der Waals surface area contributed by atoms with E-state index in [0.717, 1.165) is 38.5 Å². The second-order valence-corrected chi connectivity index (χ2v) is 4.59. The summed E-state index contributed by atoms with van der Waals surface area (Å²) >= 11 is 0. The zero-order chi connectivity index (χ0) is 12.0. The molecule has 1 saturated carbocycles. The summed E-state index contributed by atoms with van der Waals surface area (Å²) in [6.45, 7) is 4.12. The second kappa shape index (κ2) is 6.74. The summed E-state index contributed by atoms with van der Waals surface area (Å²) in [5, 5.41) is 15.5. The van der Waals surface area contributed by atoms with Gasteiger partial charge in [-0.05, 0) is 25.7 Å². The standard InChI is InChI=1S/C12H24N2O2/c1-3-9(4-2)13-12(16)14-10-7-5-6-8-11(10)15/h9-11,15H,3-8H2,1-2H3,(H2,13,14,16). The minimum absolute atomic E-state index is 0.0666. The van der Waals surface area contributed by atoms with Gasteiger partial charge in [0.1, 0.15) is 0 Å². The van der Waals surface area contributed by atoms with Crippen molar-refractivity contribution in [2.75, 3.05) is 0 Å². The van der Waals surface area contributed by atoms with Gasteiger partial charge in [-0.25, -0.2) is 4.79 Å². The fourth-order valence-corrected chi connectivity index (χ4v) is 2.17. The Morgan fingerprint density at radius 1 is 1.31 bits per heavy atom. The maximum Gasteiger partial charge on any atom is 0.315 e. The highest BCUT2D eigenvalue weighted by Gasteiger charge is 2.24. The van der Waals surface area contributed by atoms with E-state index in [9.17, 15) is 9.90 Å². The first-order valence-corrected chi connectivity index (χ1v) is 6.42. The van der Waals surface area contributed by atoms with Gasteiger partial charge in [0.05, 0.1) is 12.1 Å². The molecule has 0 aliphatic heterocycles. The van der Waals surface area contributed by atoms with E-state index in [1.807, 2.05) is 0 Å². The summed E-state index contributed by atoms with van der Waals surface area (Å²) in [4.78, 5) is 11.7. The molecule has 3 N–H and O–H groups in total. The van der Waals surface area contributed by atoms with Gasteiger partial charge in [-0.1, -0.05) is 26.7 Å². The Kier molecular flexibility index (Phi) is 5.60. The molecule has 1 aliphatic rings. The highest BCUT2D eigenvalue weighted by atomic mass is 16.3. The van der Waals surface area contributed by atoms with Gasteiger partial charge in [0.2, 0.25) is 0 Å². The molecule has 0 heterocycles. The maximum atomic E-state index is 11.7. The minimum Gasteiger partial charge on any atom is -0.391 e. The third kappa shape index (κ3) is 4.00. The van der Waals surface area contributed by atoms with Crippen molar-refractivity contribution in [1.82, 2.24) is 10.6 Å². The van der Waals surface area contributed by atoms with Gasteiger partial charge in [-0.3, -0.25) is 0 Å². The third-order valence-electron chi connectivity index (χ3n) is 3.37. The van der Waals surface area contributed by atoms with Crippen LogP contribution >= 0.6 is 0 Å². The number of hydrogen-bond donors (Lipinski definition) is 3. The van der Waals surface area contributed by atoms with Crippen molar-refractivity contribution in [1.29, 1.82) is 0 Å². The minimum atomic E-state index is -0.374. The highest BCUT2D eigenvalue weighted by Crippen LogP contribution is 2.18. The highest BCUT2D eigenvalue weighted by molar-refractivity contribution is 5.74. The number of carbonyl (C=O) groups excluding carboxylic acids is 1. The van der Waals surface area contributed by atoms with Gasteiger partial charge >= 0.3 is 6.03 Å². The van der Waals surface area contributed by atoms with Crippen LogP contribution in [0.4, 0.5) is 4.79 Å². The molecule has 0 aromatic carbocycles. The lowest BCUT2D eigenvalue weighted by Crippen LogP contribution is -2.51. The zero-order valence-corrected chi connectivity index (χ0v) is 10.3. The Balaban J connectivity index is 2.32. The van der Waals surface area contributed by atoms with Gasteiger partial charge in [-0.15, -0.1) is 0 Å². The number of rotatable bonds is 4. The van der Waals surface area contributed by atoms with Crippen molar-refractivity contribution in [3.63, 3.8) is 0 Å². The van der Waals surface area contributed by atoms with E-state index in [4.69, 9.17) is 0 Å². The molecular weight excluding hydrogens is 204 g/mol. The van der Waals surface area contributed by atoms with Crippen LogP contribution in [0.25, 0.3) is 0 Å². The Morgan fingerprint density at radius 3 is 2.50 bits per heavy atom. The van der Waals surface area contributed by atoms with Crippen LogP contribution in [0.2, 0.25) is 0 Å². The fraction of sp³-hybridized carbons (Fsp3) is 0.917. The molecule has 4 heteroatoms. The Labute approximate surface area is 97.8 Å². The lowest BCUT2D eigenvalue weighted by atomic mass is 9.93. The van der Waals surface area contributed by atoms with E-state index in [0.29, 0.717) is 0 Å². The molecule has 4 nitrogen and oxygen atoms in total. The average Bonchev–Trinajstić information content (AvgIpc) is 2.29. The van der Waals surface area contributed by atoms with E-state index in [2.05, 4.69) is 24.5 Å². The van der Waals surface area contributed by atoms with Gasteiger partial charge < -0.3 is 15.7 Å². The van der Waals surface area contributed by atoms with Crippen LogP contribution in [0, 0.1) is 0 Å². The lowest BCUT2D eigenvalue weighted by Gasteiger charge is -2.29. The molecule has 2 amide bonds. The molecule has 0 bridgehead atoms. The molecule has 0 aromatic heterocycles. The molecule has 16 heavy (non-hydrogen) atoms. The Hall–Kier alpha value is -0.770. The molecule has 94 valence electrons. The lowest BCUT2D eigenvalue weighted by molar-refractivity contribution is 0.0940. The number of amides is 2. The first-order chi connectivity index (χ1) is 7.67. The van der Waals surface area contributed by atoms with Crippen molar-refractivity contribution >= 4 is 6.03 Å². The average molecular weight is 228 g/mol. The van der Waals surface area contributed by atoms with Crippen molar-refractivity contribution in [2.45, 2.75) is 70.6 Å². The van der Waals surface area contributed by atoms with E-state index < -0.39 is 0 Å². The largest absolute Gasteiger partial charge is 0.391 e. The topological polar surface area (TPSA) is 61.4 Å². The van der Waals surface area contributed by atoms with Crippen LogP contribution < -0.4 is 10.6 Å². The summed E-state index contributed by atoms with van der Waals surface area (Å²) in [5.41, 5.74) is 0. The first kappa shape index (κ1) is 13.3. The van der Waals surface area contributed by atoms with Crippen molar-refractivity contribution in [3.8, 4) is 0 Å². The zero-order valence-electron chi connectivity index (χ0n) is 10.3. The maximum absolute atomic E-state index is 11.7. The molecule has 0 radical (unpaired) electrons. The third-order valence-corrected chi connectivity index (χ3v) is 3.37. The number of aliphatic hydroxyl groups is 1. The van der Waals surface area contributed by atoms with Crippen molar-refractivity contribution < 1.29 is 9.90 Å². The number of hydrogen-bond acceptors (Lipinski definition) is 2. The molecule has 1 rings (SSSR count). The van der Waals surface area contributed by atoms with Crippen LogP contribution in [0.1, 0.15) is 52.4 Å². The molecule has 1 aliphatic carbocycles. The van der Waals surface area contributed by atoms with Gasteiger partial charge in [0.25, 0.3) is 0 Å². The summed E-state index contributed by atoms with van der Waals surface area (Å²) in [5.74, 6) is 0. The molecule has 0 spiro atoms. The summed E-state index contributed by atoms with van der Waals surface area (Å²) < 4.78 is 0. The SMILES string of the molecule is CCC(CC)NC(=O)NC1CCCCC1O.